The Morgan fingerprint density at radius 3 is 2.24 bits per heavy atom. The van der Waals surface area contributed by atoms with E-state index in [9.17, 15) is 9.59 Å². The summed E-state index contributed by atoms with van der Waals surface area (Å²) in [6, 6.07) is 0.781. The molecule has 2 saturated carbocycles. The van der Waals surface area contributed by atoms with Crippen molar-refractivity contribution in [1.29, 1.82) is 0 Å². The second kappa shape index (κ2) is 10.3. The molecule has 29 heavy (non-hydrogen) atoms. The average molecular weight is 407 g/mol. The fourth-order valence-electron chi connectivity index (χ4n) is 5.33. The van der Waals surface area contributed by atoms with Gasteiger partial charge in [-0.15, -0.1) is 0 Å². The molecule has 3 aliphatic rings. The molecular weight excluding hydrogens is 364 g/mol. The van der Waals surface area contributed by atoms with Crippen molar-refractivity contribution in [2.24, 2.45) is 23.5 Å². The molecule has 0 aromatic rings. The second-order valence-corrected chi connectivity index (χ2v) is 10.1. The third-order valence-corrected chi connectivity index (χ3v) is 7.21. The van der Waals surface area contributed by atoms with Crippen molar-refractivity contribution in [2.75, 3.05) is 26.2 Å². The van der Waals surface area contributed by atoms with E-state index in [0.29, 0.717) is 36.4 Å². The number of rotatable bonds is 8. The summed E-state index contributed by atoms with van der Waals surface area (Å²) in [7, 11) is 0. The molecule has 3 fully saturated rings. The average Bonchev–Trinajstić information content (AvgIpc) is 3.55. The van der Waals surface area contributed by atoms with Gasteiger partial charge in [0.1, 0.15) is 6.04 Å². The smallest absolute Gasteiger partial charge is 0.242 e. The summed E-state index contributed by atoms with van der Waals surface area (Å²) in [6.07, 6.45) is 8.96. The molecule has 1 saturated heterocycles. The molecule has 0 spiro atoms. The summed E-state index contributed by atoms with van der Waals surface area (Å²) in [5.41, 5.74) is 5.79. The molecule has 3 N–H and O–H groups in total. The van der Waals surface area contributed by atoms with E-state index in [1.54, 1.807) is 11.8 Å². The van der Waals surface area contributed by atoms with E-state index in [1.165, 1.54) is 25.7 Å². The molecule has 3 rings (SSSR count). The van der Waals surface area contributed by atoms with Crippen LogP contribution in [-0.4, -0.2) is 65.9 Å². The summed E-state index contributed by atoms with van der Waals surface area (Å²) < 4.78 is 0. The number of hydrogen-bond acceptors (Lipinski definition) is 4. The summed E-state index contributed by atoms with van der Waals surface area (Å²) in [6.45, 7) is 9.44. The van der Waals surface area contributed by atoms with Crippen molar-refractivity contribution in [3.8, 4) is 0 Å². The van der Waals surface area contributed by atoms with E-state index in [-0.39, 0.29) is 17.9 Å². The third kappa shape index (κ3) is 6.17. The molecule has 1 unspecified atom stereocenters. The van der Waals surface area contributed by atoms with Gasteiger partial charge >= 0.3 is 0 Å². The lowest BCUT2D eigenvalue weighted by molar-refractivity contribution is -0.142. The number of carbonyl (C=O) groups excluding carboxylic acids is 2. The zero-order chi connectivity index (χ0) is 21.0. The summed E-state index contributed by atoms with van der Waals surface area (Å²) in [5, 5.41) is 3.20. The van der Waals surface area contributed by atoms with Crippen molar-refractivity contribution in [2.45, 2.75) is 90.3 Å². The first-order valence-corrected chi connectivity index (χ1v) is 11.9. The minimum atomic E-state index is -0.319. The Bertz CT molecular complexity index is 555. The van der Waals surface area contributed by atoms with Gasteiger partial charge < -0.3 is 16.0 Å². The highest BCUT2D eigenvalue weighted by Gasteiger charge is 2.41. The monoisotopic (exact) mass is 406 g/mol. The maximum absolute atomic E-state index is 13.1. The first kappa shape index (κ1) is 22.5. The van der Waals surface area contributed by atoms with E-state index in [2.05, 4.69) is 24.1 Å². The van der Waals surface area contributed by atoms with Crippen LogP contribution in [0.1, 0.15) is 72.1 Å². The second-order valence-electron chi connectivity index (χ2n) is 10.1. The number of piperidine rings is 1. The van der Waals surface area contributed by atoms with Crippen molar-refractivity contribution in [3.63, 3.8) is 0 Å². The zero-order valence-corrected chi connectivity index (χ0v) is 18.7. The molecule has 2 amide bonds. The Labute approximate surface area is 176 Å². The quantitative estimate of drug-likeness (QED) is 0.649. The molecule has 1 aliphatic heterocycles. The van der Waals surface area contributed by atoms with Crippen LogP contribution in [-0.2, 0) is 9.59 Å². The van der Waals surface area contributed by atoms with Gasteiger partial charge in [0.05, 0.1) is 0 Å². The van der Waals surface area contributed by atoms with Crippen LogP contribution in [0.2, 0.25) is 0 Å². The van der Waals surface area contributed by atoms with Gasteiger partial charge in [-0.2, -0.15) is 0 Å². The molecule has 6 heteroatoms. The molecule has 1 heterocycles. The Kier molecular flexibility index (Phi) is 7.97. The number of likely N-dealkylation sites (tertiary alicyclic amines) is 1. The molecule has 166 valence electrons. The lowest BCUT2D eigenvalue weighted by Gasteiger charge is -2.43. The van der Waals surface area contributed by atoms with Gasteiger partial charge in [-0.25, -0.2) is 0 Å². The van der Waals surface area contributed by atoms with Crippen LogP contribution in [0.25, 0.3) is 0 Å². The lowest BCUT2D eigenvalue weighted by atomic mass is 9.82. The molecule has 2 aliphatic carbocycles. The SMILES string of the molecule is CC(=O)N1CCC(N(CC(C)C)C2CC2)C[C@@H]1C(=O)NCC1CCC(CN)CC1. The number of hydrogen-bond donors (Lipinski definition) is 2. The predicted octanol–water partition coefficient (Wildman–Crippen LogP) is 2.37. The van der Waals surface area contributed by atoms with Crippen LogP contribution >= 0.6 is 0 Å². The fourth-order valence-corrected chi connectivity index (χ4v) is 5.33. The largest absolute Gasteiger partial charge is 0.354 e. The van der Waals surface area contributed by atoms with Gasteiger partial charge in [-0.3, -0.25) is 14.5 Å². The van der Waals surface area contributed by atoms with Gasteiger partial charge in [-0.05, 0) is 75.7 Å². The van der Waals surface area contributed by atoms with Crippen LogP contribution in [0.3, 0.4) is 0 Å². The number of nitrogens with one attached hydrogen (secondary N) is 1. The van der Waals surface area contributed by atoms with E-state index in [1.807, 2.05) is 0 Å². The standard InChI is InChI=1S/C23H42N4O2/c1-16(2)15-27(20-8-9-20)21-10-11-26(17(3)28)22(12-21)23(29)25-14-19-6-4-18(13-24)5-7-19/h16,18-22H,4-15,24H2,1-3H3,(H,25,29)/t18?,19?,21?,22-/m1/s1. The zero-order valence-electron chi connectivity index (χ0n) is 18.7. The molecule has 0 bridgehead atoms. The molecule has 2 atom stereocenters. The van der Waals surface area contributed by atoms with E-state index in [4.69, 9.17) is 5.73 Å². The van der Waals surface area contributed by atoms with Gasteiger partial charge in [0.2, 0.25) is 11.8 Å². The highest BCUT2D eigenvalue weighted by atomic mass is 16.2. The Morgan fingerprint density at radius 1 is 1.03 bits per heavy atom. The Balaban J connectivity index is 1.57. The van der Waals surface area contributed by atoms with E-state index in [0.717, 1.165) is 45.3 Å². The molecule has 0 aromatic heterocycles. The highest BCUT2D eigenvalue weighted by molar-refractivity contribution is 5.87. The van der Waals surface area contributed by atoms with Crippen molar-refractivity contribution >= 4 is 11.8 Å². The number of amides is 2. The van der Waals surface area contributed by atoms with Crippen molar-refractivity contribution in [3.05, 3.63) is 0 Å². The first-order chi connectivity index (χ1) is 13.9. The van der Waals surface area contributed by atoms with E-state index < -0.39 is 0 Å². The maximum atomic E-state index is 13.1. The van der Waals surface area contributed by atoms with Gasteiger partial charge in [0.15, 0.2) is 0 Å². The first-order valence-electron chi connectivity index (χ1n) is 11.9. The molecule has 0 aromatic carbocycles. The minimum absolute atomic E-state index is 0.0221. The van der Waals surface area contributed by atoms with Gasteiger partial charge in [0.25, 0.3) is 0 Å². The Hall–Kier alpha value is -1.14. The summed E-state index contributed by atoms with van der Waals surface area (Å²) in [4.78, 5) is 29.8. The topological polar surface area (TPSA) is 78.7 Å². The Morgan fingerprint density at radius 2 is 1.69 bits per heavy atom. The summed E-state index contributed by atoms with van der Waals surface area (Å²) in [5.74, 6) is 1.90. The maximum Gasteiger partial charge on any atom is 0.242 e. The molecule has 0 radical (unpaired) electrons. The molecular formula is C23H42N4O2. The number of carbonyl (C=O) groups is 2. The van der Waals surface area contributed by atoms with Crippen LogP contribution in [0.5, 0.6) is 0 Å². The van der Waals surface area contributed by atoms with Crippen LogP contribution in [0.15, 0.2) is 0 Å². The lowest BCUT2D eigenvalue weighted by Crippen LogP contribution is -2.58. The number of nitrogens with two attached hydrogens (primary N) is 1. The number of nitrogens with zero attached hydrogens (tertiary/aromatic N) is 2. The van der Waals surface area contributed by atoms with Gasteiger partial charge in [0, 0.05) is 38.6 Å². The van der Waals surface area contributed by atoms with Crippen molar-refractivity contribution < 1.29 is 9.59 Å². The fraction of sp³-hybridized carbons (Fsp3) is 0.913. The van der Waals surface area contributed by atoms with Crippen molar-refractivity contribution in [1.82, 2.24) is 15.1 Å². The third-order valence-electron chi connectivity index (χ3n) is 7.21. The van der Waals surface area contributed by atoms with E-state index >= 15 is 0 Å². The molecule has 6 nitrogen and oxygen atoms in total. The van der Waals surface area contributed by atoms with Crippen LogP contribution < -0.4 is 11.1 Å². The highest BCUT2D eigenvalue weighted by Crippen LogP contribution is 2.34. The summed E-state index contributed by atoms with van der Waals surface area (Å²) >= 11 is 0. The van der Waals surface area contributed by atoms with Crippen LogP contribution in [0, 0.1) is 17.8 Å². The predicted molar refractivity (Wildman–Crippen MR) is 116 cm³/mol. The normalized spacial score (nSPS) is 30.6. The van der Waals surface area contributed by atoms with Crippen LogP contribution in [0.4, 0.5) is 0 Å². The minimum Gasteiger partial charge on any atom is -0.354 e. The van der Waals surface area contributed by atoms with Gasteiger partial charge in [-0.1, -0.05) is 13.8 Å².